The van der Waals surface area contributed by atoms with Crippen molar-refractivity contribution in [2.75, 3.05) is 25.0 Å². The molecule has 0 aliphatic carbocycles. The number of piperazine rings is 1. The van der Waals surface area contributed by atoms with E-state index in [1.54, 1.807) is 41.3 Å². The predicted octanol–water partition coefficient (Wildman–Crippen LogP) is 1.74. The van der Waals surface area contributed by atoms with Crippen molar-refractivity contribution in [2.24, 2.45) is 0 Å². The van der Waals surface area contributed by atoms with Crippen LogP contribution in [-0.4, -0.2) is 48.2 Å². The third kappa shape index (κ3) is 3.89. The summed E-state index contributed by atoms with van der Waals surface area (Å²) in [7, 11) is 0. The number of Topliss-reactive ketones (excluding diaryl/α,β-unsaturated/α-hetero) is 1. The number of nitriles is 1. The van der Waals surface area contributed by atoms with Gasteiger partial charge < -0.3 is 15.5 Å². The van der Waals surface area contributed by atoms with Crippen LogP contribution in [0.4, 0.5) is 5.69 Å². The third-order valence-corrected chi connectivity index (χ3v) is 5.33. The normalized spacial score (nSPS) is 18.4. The molecule has 1 fully saturated rings. The van der Waals surface area contributed by atoms with E-state index < -0.39 is 6.04 Å². The van der Waals surface area contributed by atoms with Gasteiger partial charge in [0.2, 0.25) is 5.91 Å². The molecule has 146 valence electrons. The van der Waals surface area contributed by atoms with Gasteiger partial charge in [0.1, 0.15) is 0 Å². The van der Waals surface area contributed by atoms with Crippen LogP contribution in [0.1, 0.15) is 38.3 Å². The first kappa shape index (κ1) is 18.8. The van der Waals surface area contributed by atoms with Crippen molar-refractivity contribution in [1.29, 1.82) is 5.26 Å². The smallest absolute Gasteiger partial charge is 0.253 e. The molecule has 0 spiro atoms. The number of fused-ring (bicyclic) bond motifs is 1. The number of carbonyl (C=O) groups excluding carboxylic acids is 3. The number of amides is 2. The highest BCUT2D eigenvalue weighted by atomic mass is 16.2. The second-order valence-corrected chi connectivity index (χ2v) is 7.23. The number of hydrogen-bond donors (Lipinski definition) is 2. The number of anilines is 1. The molecule has 2 aromatic rings. The lowest BCUT2D eigenvalue weighted by molar-refractivity contribution is -0.116. The Balaban J connectivity index is 1.48. The molecule has 2 aromatic carbocycles. The summed E-state index contributed by atoms with van der Waals surface area (Å²) >= 11 is 0. The molecule has 0 aromatic heterocycles. The molecular formula is C22H20N4O3. The standard InChI is InChI=1S/C22H20N4O3/c23-12-14-1-3-15(4-2-14)21(28)19-13-26(10-9-24-19)22(29)17-5-7-18-16(11-17)6-8-20(27)25-18/h1-5,7,11,19,24H,6,8-10,13H2,(H,25,27). The van der Waals surface area contributed by atoms with Crippen molar-refractivity contribution in [3.63, 3.8) is 0 Å². The van der Waals surface area contributed by atoms with Crippen LogP contribution < -0.4 is 10.6 Å². The second kappa shape index (κ2) is 7.86. The van der Waals surface area contributed by atoms with E-state index in [0.29, 0.717) is 42.6 Å². The van der Waals surface area contributed by atoms with E-state index in [4.69, 9.17) is 5.26 Å². The summed E-state index contributed by atoms with van der Waals surface area (Å²) in [5.41, 5.74) is 3.29. The summed E-state index contributed by atoms with van der Waals surface area (Å²) in [4.78, 5) is 39.0. The Labute approximate surface area is 168 Å². The van der Waals surface area contributed by atoms with Crippen molar-refractivity contribution in [3.05, 3.63) is 64.7 Å². The van der Waals surface area contributed by atoms with E-state index >= 15 is 0 Å². The number of nitrogens with zero attached hydrogens (tertiary/aromatic N) is 2. The van der Waals surface area contributed by atoms with Gasteiger partial charge in [0.25, 0.3) is 5.91 Å². The summed E-state index contributed by atoms with van der Waals surface area (Å²) in [6.07, 6.45) is 1.03. The molecule has 7 nitrogen and oxygen atoms in total. The number of carbonyl (C=O) groups is 3. The fraction of sp³-hybridized carbons (Fsp3) is 0.273. The molecule has 2 aliphatic rings. The minimum atomic E-state index is -0.488. The molecule has 1 saturated heterocycles. The highest BCUT2D eigenvalue weighted by Gasteiger charge is 2.29. The van der Waals surface area contributed by atoms with Crippen molar-refractivity contribution in [2.45, 2.75) is 18.9 Å². The molecule has 1 unspecified atom stereocenters. The maximum Gasteiger partial charge on any atom is 0.253 e. The van der Waals surface area contributed by atoms with E-state index in [2.05, 4.69) is 10.6 Å². The number of ketones is 1. The van der Waals surface area contributed by atoms with Crippen LogP contribution in [0.2, 0.25) is 0 Å². The van der Waals surface area contributed by atoms with Gasteiger partial charge in [-0.05, 0) is 42.3 Å². The summed E-state index contributed by atoms with van der Waals surface area (Å²) < 4.78 is 0. The van der Waals surface area contributed by atoms with Crippen LogP contribution in [0.25, 0.3) is 0 Å². The Bertz CT molecular complexity index is 1020. The topological polar surface area (TPSA) is 102 Å². The van der Waals surface area contributed by atoms with E-state index in [-0.39, 0.29) is 24.1 Å². The van der Waals surface area contributed by atoms with Crippen LogP contribution >= 0.6 is 0 Å². The maximum absolute atomic E-state index is 13.0. The Morgan fingerprint density at radius 3 is 2.59 bits per heavy atom. The minimum absolute atomic E-state index is 0.0113. The zero-order valence-corrected chi connectivity index (χ0v) is 15.8. The van der Waals surface area contributed by atoms with Gasteiger partial charge in [-0.2, -0.15) is 5.26 Å². The molecule has 0 bridgehead atoms. The molecular weight excluding hydrogens is 368 g/mol. The minimum Gasteiger partial charge on any atom is -0.335 e. The summed E-state index contributed by atoms with van der Waals surface area (Å²) in [5.74, 6) is -0.230. The molecule has 2 aliphatic heterocycles. The van der Waals surface area contributed by atoms with Crippen molar-refractivity contribution < 1.29 is 14.4 Å². The van der Waals surface area contributed by atoms with Gasteiger partial charge >= 0.3 is 0 Å². The molecule has 7 heteroatoms. The molecule has 2 N–H and O–H groups in total. The number of benzene rings is 2. The van der Waals surface area contributed by atoms with Crippen molar-refractivity contribution in [3.8, 4) is 6.07 Å². The largest absolute Gasteiger partial charge is 0.335 e. The van der Waals surface area contributed by atoms with Crippen LogP contribution in [-0.2, 0) is 11.2 Å². The van der Waals surface area contributed by atoms with Crippen LogP contribution in [0.15, 0.2) is 42.5 Å². The summed E-state index contributed by atoms with van der Waals surface area (Å²) in [6, 6.07) is 13.4. The first-order chi connectivity index (χ1) is 14.0. The number of rotatable bonds is 3. The zero-order valence-electron chi connectivity index (χ0n) is 15.8. The number of nitrogens with one attached hydrogen (secondary N) is 2. The summed E-state index contributed by atoms with van der Waals surface area (Å²) in [6.45, 7) is 1.33. The lowest BCUT2D eigenvalue weighted by Crippen LogP contribution is -2.55. The molecule has 29 heavy (non-hydrogen) atoms. The fourth-order valence-corrected chi connectivity index (χ4v) is 3.72. The van der Waals surface area contributed by atoms with Crippen LogP contribution in [0, 0.1) is 11.3 Å². The highest BCUT2D eigenvalue weighted by molar-refractivity contribution is 6.02. The average Bonchev–Trinajstić information content (AvgIpc) is 2.78. The zero-order chi connectivity index (χ0) is 20.4. The molecule has 4 rings (SSSR count). The van der Waals surface area contributed by atoms with Crippen molar-refractivity contribution >= 4 is 23.3 Å². The lowest BCUT2D eigenvalue weighted by Gasteiger charge is -2.33. The monoisotopic (exact) mass is 388 g/mol. The van der Waals surface area contributed by atoms with Gasteiger partial charge in [0, 0.05) is 42.9 Å². The molecule has 2 amide bonds. The molecule has 0 radical (unpaired) electrons. The Morgan fingerprint density at radius 2 is 1.83 bits per heavy atom. The van der Waals surface area contributed by atoms with Gasteiger partial charge in [-0.1, -0.05) is 12.1 Å². The molecule has 1 atom stereocenters. The van der Waals surface area contributed by atoms with E-state index in [1.807, 2.05) is 12.1 Å². The Hall–Kier alpha value is -3.50. The van der Waals surface area contributed by atoms with Crippen LogP contribution in [0.5, 0.6) is 0 Å². The second-order valence-electron chi connectivity index (χ2n) is 7.23. The first-order valence-corrected chi connectivity index (χ1v) is 9.55. The van der Waals surface area contributed by atoms with E-state index in [1.165, 1.54) is 0 Å². The van der Waals surface area contributed by atoms with Crippen molar-refractivity contribution in [1.82, 2.24) is 10.2 Å². The third-order valence-electron chi connectivity index (χ3n) is 5.33. The molecule has 2 heterocycles. The van der Waals surface area contributed by atoms with Gasteiger partial charge in [0.05, 0.1) is 17.7 Å². The predicted molar refractivity (Wildman–Crippen MR) is 107 cm³/mol. The number of hydrogen-bond acceptors (Lipinski definition) is 5. The Kier molecular flexibility index (Phi) is 5.10. The summed E-state index contributed by atoms with van der Waals surface area (Å²) in [5, 5.41) is 14.9. The average molecular weight is 388 g/mol. The van der Waals surface area contributed by atoms with Gasteiger partial charge in [-0.15, -0.1) is 0 Å². The number of aryl methyl sites for hydroxylation is 1. The highest BCUT2D eigenvalue weighted by Crippen LogP contribution is 2.24. The van der Waals surface area contributed by atoms with Crippen LogP contribution in [0.3, 0.4) is 0 Å². The van der Waals surface area contributed by atoms with Gasteiger partial charge in [0.15, 0.2) is 5.78 Å². The first-order valence-electron chi connectivity index (χ1n) is 9.55. The lowest BCUT2D eigenvalue weighted by atomic mass is 9.98. The van der Waals surface area contributed by atoms with Gasteiger partial charge in [-0.3, -0.25) is 14.4 Å². The SMILES string of the molecule is N#Cc1ccc(C(=O)C2CN(C(=O)c3ccc4c(c3)CCC(=O)N4)CCN2)cc1. The van der Waals surface area contributed by atoms with E-state index in [9.17, 15) is 14.4 Å². The van der Waals surface area contributed by atoms with E-state index in [0.717, 1.165) is 11.3 Å². The maximum atomic E-state index is 13.0. The Morgan fingerprint density at radius 1 is 1.07 bits per heavy atom. The molecule has 0 saturated carbocycles. The fourth-order valence-electron chi connectivity index (χ4n) is 3.72. The van der Waals surface area contributed by atoms with Gasteiger partial charge in [-0.25, -0.2) is 0 Å². The quantitative estimate of drug-likeness (QED) is 0.780.